The van der Waals surface area contributed by atoms with Crippen LogP contribution in [0.25, 0.3) is 16.5 Å². The molecule has 0 unspecified atom stereocenters. The highest BCUT2D eigenvalue weighted by Crippen LogP contribution is 2.34. The molecule has 0 radical (unpaired) electrons. The molecular weight excluding hydrogens is 344 g/mol. The van der Waals surface area contributed by atoms with Crippen molar-refractivity contribution in [3.05, 3.63) is 41.7 Å². The van der Waals surface area contributed by atoms with Gasteiger partial charge in [-0.1, -0.05) is 18.2 Å². The van der Waals surface area contributed by atoms with E-state index in [0.29, 0.717) is 31.9 Å². The maximum Gasteiger partial charge on any atom is 0.341 e. The van der Waals surface area contributed by atoms with E-state index in [1.54, 1.807) is 14.2 Å². The second-order valence-electron chi connectivity index (χ2n) is 6.53. The summed E-state index contributed by atoms with van der Waals surface area (Å²) in [6.07, 6.45) is 2.80. The molecule has 0 N–H and O–H groups in total. The molecule has 1 aromatic carbocycles. The van der Waals surface area contributed by atoms with Crippen LogP contribution in [0.5, 0.6) is 0 Å². The van der Waals surface area contributed by atoms with Crippen molar-refractivity contribution in [2.75, 3.05) is 47.1 Å². The van der Waals surface area contributed by atoms with Crippen molar-refractivity contribution in [2.45, 2.75) is 19.9 Å². The fourth-order valence-corrected chi connectivity index (χ4v) is 3.66. The molecule has 6 nitrogen and oxygen atoms in total. The number of aromatic nitrogens is 1. The van der Waals surface area contributed by atoms with E-state index in [-0.39, 0.29) is 5.97 Å². The molecule has 0 aliphatic carbocycles. The fourth-order valence-electron chi connectivity index (χ4n) is 3.66. The summed E-state index contributed by atoms with van der Waals surface area (Å²) in [7, 11) is 3.38. The Morgan fingerprint density at radius 1 is 1.11 bits per heavy atom. The van der Waals surface area contributed by atoms with Crippen LogP contribution in [-0.2, 0) is 32.0 Å². The summed E-state index contributed by atoms with van der Waals surface area (Å²) < 4.78 is 18.1. The van der Waals surface area contributed by atoms with E-state index in [2.05, 4.69) is 21.6 Å². The van der Waals surface area contributed by atoms with Gasteiger partial charge in [0, 0.05) is 51.0 Å². The molecule has 146 valence electrons. The van der Waals surface area contributed by atoms with Gasteiger partial charge in [-0.15, -0.1) is 0 Å². The van der Waals surface area contributed by atoms with Gasteiger partial charge < -0.3 is 23.7 Å². The van der Waals surface area contributed by atoms with Crippen molar-refractivity contribution < 1.29 is 19.0 Å². The van der Waals surface area contributed by atoms with E-state index in [0.717, 1.165) is 30.7 Å². The van der Waals surface area contributed by atoms with E-state index in [1.165, 1.54) is 10.9 Å². The second-order valence-corrected chi connectivity index (χ2v) is 6.53. The molecule has 1 aromatic heterocycles. The first-order chi connectivity index (χ1) is 13.2. The third-order valence-corrected chi connectivity index (χ3v) is 4.89. The van der Waals surface area contributed by atoms with Crippen molar-refractivity contribution in [3.63, 3.8) is 0 Å². The summed E-state index contributed by atoms with van der Waals surface area (Å²) >= 11 is 0. The predicted octanol–water partition coefficient (Wildman–Crippen LogP) is 2.70. The lowest BCUT2D eigenvalue weighted by atomic mass is 10.0. The van der Waals surface area contributed by atoms with E-state index in [9.17, 15) is 4.79 Å². The minimum absolute atomic E-state index is 0.287. The molecule has 0 amide bonds. The number of ether oxygens (including phenoxy) is 3. The zero-order valence-corrected chi connectivity index (χ0v) is 16.4. The van der Waals surface area contributed by atoms with Crippen LogP contribution in [0.15, 0.2) is 30.5 Å². The van der Waals surface area contributed by atoms with Crippen molar-refractivity contribution >= 4 is 22.4 Å². The average Bonchev–Trinajstić information content (AvgIpc) is 2.86. The van der Waals surface area contributed by atoms with E-state index in [4.69, 9.17) is 14.2 Å². The normalized spacial score (nSPS) is 14.0. The van der Waals surface area contributed by atoms with Gasteiger partial charge in [0.05, 0.1) is 31.1 Å². The zero-order valence-electron chi connectivity index (χ0n) is 16.4. The highest BCUT2D eigenvalue weighted by molar-refractivity contribution is 6.18. The Bertz CT molecular complexity index is 825. The Hall–Kier alpha value is -2.31. The van der Waals surface area contributed by atoms with Crippen LogP contribution in [0.4, 0.5) is 0 Å². The highest BCUT2D eigenvalue weighted by atomic mass is 16.5. The SMILES string of the molecule is CCOC(=O)C1=CN(CCOC)CCc2c1n(CCOC)c1ccccc21. The van der Waals surface area contributed by atoms with E-state index in [1.807, 2.05) is 25.3 Å². The first-order valence-corrected chi connectivity index (χ1v) is 9.42. The van der Waals surface area contributed by atoms with Gasteiger partial charge in [-0.05, 0) is 25.0 Å². The van der Waals surface area contributed by atoms with Gasteiger partial charge in [0.2, 0.25) is 0 Å². The summed E-state index contributed by atoms with van der Waals surface area (Å²) in [6, 6.07) is 8.31. The quantitative estimate of drug-likeness (QED) is 0.667. The third-order valence-electron chi connectivity index (χ3n) is 4.89. The van der Waals surface area contributed by atoms with E-state index < -0.39 is 0 Å². The molecule has 0 saturated carbocycles. The van der Waals surface area contributed by atoms with Gasteiger partial charge in [0.1, 0.15) is 0 Å². The minimum atomic E-state index is -0.287. The van der Waals surface area contributed by atoms with Crippen LogP contribution in [0.2, 0.25) is 0 Å². The van der Waals surface area contributed by atoms with Crippen LogP contribution in [0.1, 0.15) is 18.2 Å². The summed E-state index contributed by atoms with van der Waals surface area (Å²) in [4.78, 5) is 15.0. The number of fused-ring (bicyclic) bond motifs is 3. The molecule has 2 heterocycles. The summed E-state index contributed by atoms with van der Waals surface area (Å²) in [5.74, 6) is -0.287. The summed E-state index contributed by atoms with van der Waals surface area (Å²) in [6.45, 7) is 5.62. The molecule has 0 atom stereocenters. The Kier molecular flexibility index (Phi) is 6.53. The summed E-state index contributed by atoms with van der Waals surface area (Å²) in [5.41, 5.74) is 3.88. The van der Waals surface area contributed by atoms with Crippen molar-refractivity contribution in [1.29, 1.82) is 0 Å². The molecule has 0 spiro atoms. The number of carbonyl (C=O) groups is 1. The Morgan fingerprint density at radius 2 is 1.85 bits per heavy atom. The highest BCUT2D eigenvalue weighted by Gasteiger charge is 2.28. The Morgan fingerprint density at radius 3 is 2.59 bits per heavy atom. The van der Waals surface area contributed by atoms with Gasteiger partial charge in [-0.25, -0.2) is 4.79 Å². The molecule has 6 heteroatoms. The lowest BCUT2D eigenvalue weighted by molar-refractivity contribution is -0.136. The van der Waals surface area contributed by atoms with Gasteiger partial charge in [0.15, 0.2) is 0 Å². The molecule has 0 fully saturated rings. The monoisotopic (exact) mass is 372 g/mol. The lowest BCUT2D eigenvalue weighted by Crippen LogP contribution is -2.24. The molecule has 1 aliphatic rings. The number of methoxy groups -OCH3 is 2. The summed E-state index contributed by atoms with van der Waals surface area (Å²) in [5, 5.41) is 1.19. The van der Waals surface area contributed by atoms with Gasteiger partial charge in [0.25, 0.3) is 0 Å². The van der Waals surface area contributed by atoms with Gasteiger partial charge in [-0.2, -0.15) is 0 Å². The first kappa shape index (κ1) is 19.5. The molecule has 0 bridgehead atoms. The van der Waals surface area contributed by atoms with Crippen LogP contribution in [0.3, 0.4) is 0 Å². The predicted molar refractivity (Wildman–Crippen MR) is 106 cm³/mol. The topological polar surface area (TPSA) is 52.9 Å². The number of hydrogen-bond donors (Lipinski definition) is 0. The number of esters is 1. The fraction of sp³-hybridized carbons (Fsp3) is 0.476. The van der Waals surface area contributed by atoms with E-state index >= 15 is 0 Å². The molecule has 2 aromatic rings. The van der Waals surface area contributed by atoms with Crippen molar-refractivity contribution in [1.82, 2.24) is 9.47 Å². The number of rotatable bonds is 8. The largest absolute Gasteiger partial charge is 0.462 e. The third kappa shape index (κ3) is 4.01. The molecule has 27 heavy (non-hydrogen) atoms. The zero-order chi connectivity index (χ0) is 19.2. The molecule has 3 rings (SSSR count). The molecular formula is C21H28N2O4. The Balaban J connectivity index is 2.16. The van der Waals surface area contributed by atoms with Crippen molar-refractivity contribution in [3.8, 4) is 0 Å². The number of hydrogen-bond acceptors (Lipinski definition) is 5. The smallest absolute Gasteiger partial charge is 0.341 e. The van der Waals surface area contributed by atoms with Crippen LogP contribution >= 0.6 is 0 Å². The van der Waals surface area contributed by atoms with Gasteiger partial charge >= 0.3 is 5.97 Å². The average molecular weight is 372 g/mol. The number of benzene rings is 1. The first-order valence-electron chi connectivity index (χ1n) is 9.42. The lowest BCUT2D eigenvalue weighted by Gasteiger charge is -2.19. The molecule has 0 saturated heterocycles. The van der Waals surface area contributed by atoms with Crippen LogP contribution < -0.4 is 0 Å². The second kappa shape index (κ2) is 9.06. The number of carbonyl (C=O) groups excluding carboxylic acids is 1. The van der Waals surface area contributed by atoms with Crippen LogP contribution in [-0.4, -0.2) is 62.6 Å². The number of para-hydroxylation sites is 1. The maximum atomic E-state index is 12.8. The van der Waals surface area contributed by atoms with Crippen LogP contribution in [0, 0.1) is 0 Å². The maximum absolute atomic E-state index is 12.8. The van der Waals surface area contributed by atoms with Gasteiger partial charge in [-0.3, -0.25) is 0 Å². The standard InChI is InChI=1S/C21H28N2O4/c1-4-27-21(24)18-15-22(11-13-25-2)10-9-17-16-7-5-6-8-19(16)23(20(17)18)12-14-26-3/h5-8,15H,4,9-14H2,1-3H3. The number of nitrogens with zero attached hydrogens (tertiary/aromatic N) is 2. The Labute approximate surface area is 160 Å². The van der Waals surface area contributed by atoms with Crippen molar-refractivity contribution in [2.24, 2.45) is 0 Å². The minimum Gasteiger partial charge on any atom is -0.462 e. The molecule has 1 aliphatic heterocycles.